The molecule has 0 aromatic heterocycles. The number of rotatable bonds is 5. The van der Waals surface area contributed by atoms with Crippen molar-refractivity contribution >= 4 is 0 Å². The minimum Gasteiger partial charge on any atom is -0.312 e. The molecule has 2 nitrogen and oxygen atoms in total. The number of nitrogens with zero attached hydrogens (tertiary/aromatic N) is 1. The molecule has 1 fully saturated rings. The van der Waals surface area contributed by atoms with Crippen molar-refractivity contribution in [2.45, 2.75) is 46.6 Å². The van der Waals surface area contributed by atoms with E-state index in [1.54, 1.807) is 0 Å². The van der Waals surface area contributed by atoms with E-state index < -0.39 is 0 Å². The molecule has 118 valence electrons. The van der Waals surface area contributed by atoms with Crippen LogP contribution in [-0.4, -0.2) is 31.6 Å². The molecular formula is C19H32N2. The number of nitrogens with one attached hydrogen (secondary N) is 1. The van der Waals surface area contributed by atoms with Crippen molar-refractivity contribution in [1.29, 1.82) is 0 Å². The van der Waals surface area contributed by atoms with E-state index in [0.717, 1.165) is 18.4 Å². The topological polar surface area (TPSA) is 15.3 Å². The highest BCUT2D eigenvalue weighted by molar-refractivity contribution is 5.33. The predicted molar refractivity (Wildman–Crippen MR) is 91.7 cm³/mol. The van der Waals surface area contributed by atoms with Crippen LogP contribution in [0.4, 0.5) is 0 Å². The van der Waals surface area contributed by atoms with Gasteiger partial charge in [-0.2, -0.15) is 0 Å². The van der Waals surface area contributed by atoms with Crippen LogP contribution < -0.4 is 5.32 Å². The summed E-state index contributed by atoms with van der Waals surface area (Å²) in [6, 6.07) is 7.27. The molecule has 0 saturated carbocycles. The van der Waals surface area contributed by atoms with E-state index >= 15 is 0 Å². The average Bonchev–Trinajstić information content (AvgIpc) is 2.46. The van der Waals surface area contributed by atoms with E-state index in [1.165, 1.54) is 42.6 Å². The minimum absolute atomic E-state index is 0.446. The van der Waals surface area contributed by atoms with Gasteiger partial charge in [0.25, 0.3) is 0 Å². The van der Waals surface area contributed by atoms with Gasteiger partial charge in [-0.05, 0) is 69.8 Å². The number of benzene rings is 1. The third kappa shape index (κ3) is 4.31. The summed E-state index contributed by atoms with van der Waals surface area (Å²) in [6.07, 6.45) is 2.72. The Hall–Kier alpha value is -0.860. The van der Waals surface area contributed by atoms with E-state index in [9.17, 15) is 0 Å². The van der Waals surface area contributed by atoms with Crippen LogP contribution in [0.15, 0.2) is 18.2 Å². The van der Waals surface area contributed by atoms with Crippen LogP contribution in [0.3, 0.4) is 0 Å². The van der Waals surface area contributed by atoms with Gasteiger partial charge in [0.15, 0.2) is 0 Å². The zero-order chi connectivity index (χ0) is 15.4. The van der Waals surface area contributed by atoms with Crippen LogP contribution in [0.25, 0.3) is 0 Å². The fourth-order valence-corrected chi connectivity index (χ4v) is 3.62. The summed E-state index contributed by atoms with van der Waals surface area (Å²) >= 11 is 0. The van der Waals surface area contributed by atoms with Gasteiger partial charge in [-0.1, -0.05) is 37.6 Å². The molecule has 2 rings (SSSR count). The van der Waals surface area contributed by atoms with Crippen molar-refractivity contribution in [2.24, 2.45) is 11.8 Å². The molecule has 1 aromatic rings. The lowest BCUT2D eigenvalue weighted by atomic mass is 9.86. The Labute approximate surface area is 130 Å². The first-order valence-corrected chi connectivity index (χ1v) is 8.48. The lowest BCUT2D eigenvalue weighted by Crippen LogP contribution is -2.40. The summed E-state index contributed by atoms with van der Waals surface area (Å²) in [5.41, 5.74) is 4.21. The first-order valence-electron chi connectivity index (χ1n) is 8.48. The number of hydrogen-bond donors (Lipinski definition) is 1. The first kappa shape index (κ1) is 16.5. The maximum atomic E-state index is 3.52. The van der Waals surface area contributed by atoms with Crippen LogP contribution in [0.5, 0.6) is 0 Å². The molecule has 1 heterocycles. The van der Waals surface area contributed by atoms with E-state index in [4.69, 9.17) is 0 Å². The lowest BCUT2D eigenvalue weighted by molar-refractivity contribution is 0.147. The fraction of sp³-hybridized carbons (Fsp3) is 0.684. The molecule has 1 aromatic carbocycles. The largest absolute Gasteiger partial charge is 0.312 e. The summed E-state index contributed by atoms with van der Waals surface area (Å²) in [6.45, 7) is 12.8. The van der Waals surface area contributed by atoms with Gasteiger partial charge in [0.2, 0.25) is 0 Å². The van der Waals surface area contributed by atoms with Gasteiger partial charge < -0.3 is 10.2 Å². The highest BCUT2D eigenvalue weighted by Gasteiger charge is 2.23. The molecule has 0 aliphatic carbocycles. The van der Waals surface area contributed by atoms with Gasteiger partial charge in [0.05, 0.1) is 0 Å². The summed E-state index contributed by atoms with van der Waals surface area (Å²) in [7, 11) is 2.09. The molecule has 2 heteroatoms. The average molecular weight is 288 g/mol. The van der Waals surface area contributed by atoms with Crippen molar-refractivity contribution in [1.82, 2.24) is 10.2 Å². The summed E-state index contributed by atoms with van der Waals surface area (Å²) in [4.78, 5) is 2.64. The third-order valence-corrected chi connectivity index (χ3v) is 5.16. The molecule has 1 aliphatic heterocycles. The van der Waals surface area contributed by atoms with Crippen molar-refractivity contribution < 1.29 is 0 Å². The van der Waals surface area contributed by atoms with Crippen molar-refractivity contribution in [3.8, 4) is 0 Å². The van der Waals surface area contributed by atoms with Gasteiger partial charge in [-0.15, -0.1) is 0 Å². The molecule has 0 spiro atoms. The van der Waals surface area contributed by atoms with Crippen LogP contribution in [-0.2, 0) is 0 Å². The van der Waals surface area contributed by atoms with Crippen molar-refractivity contribution in [3.63, 3.8) is 0 Å². The second-order valence-corrected chi connectivity index (χ2v) is 7.08. The monoisotopic (exact) mass is 288 g/mol. The van der Waals surface area contributed by atoms with Crippen LogP contribution in [0, 0.1) is 25.7 Å². The smallest absolute Gasteiger partial charge is 0.0449 e. The molecule has 21 heavy (non-hydrogen) atoms. The Balaban J connectivity index is 1.97. The van der Waals surface area contributed by atoms with E-state index in [1.807, 2.05) is 0 Å². The number of aryl methyl sites for hydroxylation is 2. The molecule has 0 bridgehead atoms. The number of likely N-dealkylation sites (N-methyl/N-ethyl adjacent to an activating group) is 1. The molecule has 1 unspecified atom stereocenters. The van der Waals surface area contributed by atoms with Crippen LogP contribution in [0.2, 0.25) is 0 Å². The van der Waals surface area contributed by atoms with Crippen LogP contribution in [0.1, 0.15) is 49.4 Å². The van der Waals surface area contributed by atoms with Crippen LogP contribution >= 0.6 is 0 Å². The Bertz CT molecular complexity index is 445. The second-order valence-electron chi connectivity index (χ2n) is 7.08. The molecule has 0 radical (unpaired) electrons. The third-order valence-electron chi connectivity index (χ3n) is 5.16. The fourth-order valence-electron chi connectivity index (χ4n) is 3.62. The highest BCUT2D eigenvalue weighted by Crippen LogP contribution is 2.26. The van der Waals surface area contributed by atoms with Gasteiger partial charge in [0.1, 0.15) is 0 Å². The minimum atomic E-state index is 0.446. The first-order chi connectivity index (χ1) is 10.0. The normalized spacial score (nSPS) is 19.1. The zero-order valence-electron chi connectivity index (χ0n) is 14.4. The molecule has 1 atom stereocenters. The van der Waals surface area contributed by atoms with Gasteiger partial charge in [0, 0.05) is 12.6 Å². The summed E-state index contributed by atoms with van der Waals surface area (Å²) in [5.74, 6) is 1.77. The second kappa shape index (κ2) is 7.42. The van der Waals surface area contributed by atoms with Gasteiger partial charge in [-0.3, -0.25) is 0 Å². The van der Waals surface area contributed by atoms with E-state index in [-0.39, 0.29) is 0 Å². The Morgan fingerprint density at radius 2 is 1.86 bits per heavy atom. The van der Waals surface area contributed by atoms with Gasteiger partial charge >= 0.3 is 0 Å². The summed E-state index contributed by atoms with van der Waals surface area (Å²) < 4.78 is 0. The number of hydrogen-bond acceptors (Lipinski definition) is 2. The molecule has 0 amide bonds. The molecule has 1 N–H and O–H groups in total. The Kier molecular flexibility index (Phi) is 5.83. The van der Waals surface area contributed by atoms with Crippen molar-refractivity contribution in [3.05, 3.63) is 34.9 Å². The van der Waals surface area contributed by atoms with E-state index in [2.05, 4.69) is 63.2 Å². The summed E-state index contributed by atoms with van der Waals surface area (Å²) in [5, 5.41) is 3.52. The molecule has 1 saturated heterocycles. The van der Waals surface area contributed by atoms with Crippen molar-refractivity contribution in [2.75, 3.05) is 26.7 Å². The van der Waals surface area contributed by atoms with E-state index in [0.29, 0.717) is 6.04 Å². The quantitative estimate of drug-likeness (QED) is 0.883. The molecule has 1 aliphatic rings. The standard InChI is InChI=1S/C19H32N2/c1-14(2)17-8-10-21(11-9-17)13-19(20-5)18-7-6-15(3)12-16(18)4/h6-7,12,14,17,19-20H,8-11,13H2,1-5H3. The number of likely N-dealkylation sites (tertiary alicyclic amines) is 1. The zero-order valence-corrected chi connectivity index (χ0v) is 14.4. The molecular weight excluding hydrogens is 256 g/mol. The SMILES string of the molecule is CNC(CN1CCC(C(C)C)CC1)c1ccc(C)cc1C. The lowest BCUT2D eigenvalue weighted by Gasteiger charge is -2.36. The maximum Gasteiger partial charge on any atom is 0.0449 e. The Morgan fingerprint density at radius 3 is 2.38 bits per heavy atom. The van der Waals surface area contributed by atoms with Gasteiger partial charge in [-0.25, -0.2) is 0 Å². The maximum absolute atomic E-state index is 3.52. The number of piperidine rings is 1. The Morgan fingerprint density at radius 1 is 1.19 bits per heavy atom. The predicted octanol–water partition coefficient (Wildman–Crippen LogP) is 3.93. The highest BCUT2D eigenvalue weighted by atomic mass is 15.1.